The van der Waals surface area contributed by atoms with E-state index >= 15 is 4.79 Å². The van der Waals surface area contributed by atoms with E-state index in [1.54, 1.807) is 62.4 Å². The zero-order valence-corrected chi connectivity index (χ0v) is 35.7. The van der Waals surface area contributed by atoms with E-state index in [1.807, 2.05) is 0 Å². The lowest BCUT2D eigenvalue weighted by Gasteiger charge is -2.67. The minimum atomic E-state index is -2.40. The molecule has 16 heteroatoms. The van der Waals surface area contributed by atoms with Crippen LogP contribution in [0.25, 0.3) is 0 Å². The Morgan fingerprint density at radius 2 is 1.48 bits per heavy atom. The maximum absolute atomic E-state index is 15.5. The van der Waals surface area contributed by atoms with Gasteiger partial charge in [0.2, 0.25) is 0 Å². The first kappa shape index (κ1) is 45.1. The summed E-state index contributed by atoms with van der Waals surface area (Å²) < 4.78 is 30.3. The molecule has 3 aromatic rings. The van der Waals surface area contributed by atoms with Crippen LogP contribution < -0.4 is 11.1 Å². The molecule has 3 aliphatic carbocycles. The molecule has 2 saturated carbocycles. The number of aliphatic hydroxyl groups excluding tert-OH is 2. The average Bonchev–Trinajstić information content (AvgIpc) is 3.24. The Morgan fingerprint density at radius 1 is 0.857 bits per heavy atom. The number of rotatable bonds is 10. The molecule has 3 fully saturated rings. The molecular formula is C47H52N2O14. The number of hydrogen-bond donors (Lipinski definition) is 5. The largest absolute Gasteiger partial charge is 0.456 e. The molecule has 2 bridgehead atoms. The van der Waals surface area contributed by atoms with Gasteiger partial charge in [-0.05, 0) is 67.0 Å². The number of carbonyl (C=O) groups excluding carboxylic acids is 6. The lowest BCUT2D eigenvalue weighted by Crippen LogP contribution is -2.82. The van der Waals surface area contributed by atoms with E-state index in [0.717, 1.165) is 13.8 Å². The van der Waals surface area contributed by atoms with Crippen LogP contribution in [0, 0.1) is 16.7 Å². The number of nitrogen functional groups attached to an aromatic ring is 1. The van der Waals surface area contributed by atoms with Crippen LogP contribution in [0.4, 0.5) is 5.69 Å². The fourth-order valence-electron chi connectivity index (χ4n) is 10.2. The molecule has 4 aliphatic rings. The van der Waals surface area contributed by atoms with Gasteiger partial charge in [-0.3, -0.25) is 19.2 Å². The Morgan fingerprint density at radius 3 is 2.05 bits per heavy atom. The molecule has 1 heterocycles. The third-order valence-corrected chi connectivity index (χ3v) is 13.6. The van der Waals surface area contributed by atoms with Crippen molar-refractivity contribution in [2.75, 3.05) is 12.3 Å². The number of ether oxygens (including phenoxy) is 5. The third kappa shape index (κ3) is 7.58. The average molecular weight is 869 g/mol. The van der Waals surface area contributed by atoms with Crippen LogP contribution in [0.15, 0.2) is 96.1 Å². The van der Waals surface area contributed by atoms with Crippen LogP contribution in [-0.4, -0.2) is 105 Å². The number of hydrogen-bond acceptors (Lipinski definition) is 15. The Hall–Kier alpha value is -5.94. The maximum atomic E-state index is 15.5. The van der Waals surface area contributed by atoms with Crippen molar-refractivity contribution in [2.24, 2.45) is 16.7 Å². The van der Waals surface area contributed by atoms with Crippen LogP contribution in [0.1, 0.15) is 86.7 Å². The van der Waals surface area contributed by atoms with Crippen LogP contribution in [-0.2, 0) is 42.9 Å². The molecule has 0 spiro atoms. The van der Waals surface area contributed by atoms with Crippen molar-refractivity contribution >= 4 is 41.3 Å². The smallest absolute Gasteiger partial charge is 0.338 e. The quantitative estimate of drug-likeness (QED) is 0.0849. The normalized spacial score (nSPS) is 31.5. The highest BCUT2D eigenvalue weighted by Gasteiger charge is 2.78. The summed E-state index contributed by atoms with van der Waals surface area (Å²) in [5.41, 5.74) is -0.959. The number of anilines is 1. The van der Waals surface area contributed by atoms with Gasteiger partial charge in [-0.1, -0.05) is 62.4 Å². The number of nitrogens with one attached hydrogen (secondary N) is 1. The van der Waals surface area contributed by atoms with Crippen molar-refractivity contribution < 1.29 is 67.8 Å². The van der Waals surface area contributed by atoms with Crippen LogP contribution >= 0.6 is 0 Å². The van der Waals surface area contributed by atoms with Gasteiger partial charge in [-0.2, -0.15) is 0 Å². The number of carbonyl (C=O) groups is 6. The van der Waals surface area contributed by atoms with Crippen molar-refractivity contribution in [2.45, 2.75) is 108 Å². The molecule has 0 radical (unpaired) electrons. The van der Waals surface area contributed by atoms with E-state index < -0.39 is 113 Å². The van der Waals surface area contributed by atoms with E-state index in [0.29, 0.717) is 11.3 Å². The molecule has 334 valence electrons. The molecule has 1 aliphatic heterocycles. The minimum Gasteiger partial charge on any atom is -0.456 e. The molecule has 3 aromatic carbocycles. The van der Waals surface area contributed by atoms with Crippen LogP contribution in [0.2, 0.25) is 0 Å². The topological polar surface area (TPSA) is 247 Å². The third-order valence-electron chi connectivity index (χ3n) is 13.6. The number of aliphatic hydroxyl groups is 3. The second-order valence-corrected chi connectivity index (χ2v) is 17.6. The second-order valence-electron chi connectivity index (χ2n) is 17.6. The van der Waals surface area contributed by atoms with Gasteiger partial charge in [0.05, 0.1) is 35.6 Å². The summed E-state index contributed by atoms with van der Waals surface area (Å²) in [6, 6.07) is 20.6. The van der Waals surface area contributed by atoms with Gasteiger partial charge in [-0.15, -0.1) is 0 Å². The van der Waals surface area contributed by atoms with Crippen molar-refractivity contribution in [3.05, 3.63) is 113 Å². The number of amides is 1. The SMILES string of the molecule is CC(=O)O[C@H]1C(=O)[C@@]2(C)[C@H]([C@H](OC(=O)c3ccccc3)[C@]3(O)C[C@H](OC(=O)[C@H](O)[C@@H](NC(=O)c4ccc(N)cc4)c4ccccc4)C(C)=C1C3(C)C)[C@]1(OC(C)=O)CO[C@@H]1C[C@@H]2O. The Balaban J connectivity index is 1.38. The number of ketones is 1. The maximum Gasteiger partial charge on any atom is 0.338 e. The van der Waals surface area contributed by atoms with Crippen molar-refractivity contribution in [1.29, 1.82) is 0 Å². The van der Waals surface area contributed by atoms with Gasteiger partial charge in [0.1, 0.15) is 23.9 Å². The van der Waals surface area contributed by atoms with Crippen molar-refractivity contribution in [1.82, 2.24) is 5.32 Å². The number of esters is 4. The Kier molecular flexibility index (Phi) is 11.9. The molecule has 0 unspecified atom stereocenters. The lowest BCUT2D eigenvalue weighted by atomic mass is 9.44. The molecule has 1 saturated heterocycles. The summed E-state index contributed by atoms with van der Waals surface area (Å²) in [6.07, 6.45) is -10.6. The van der Waals surface area contributed by atoms with Crippen LogP contribution in [0.5, 0.6) is 0 Å². The van der Waals surface area contributed by atoms with Gasteiger partial charge < -0.3 is 50.1 Å². The number of nitrogens with two attached hydrogens (primary N) is 1. The first-order valence-electron chi connectivity index (χ1n) is 20.7. The molecule has 1 amide bonds. The highest BCUT2D eigenvalue weighted by atomic mass is 16.6. The molecule has 11 atom stereocenters. The Bertz CT molecular complexity index is 2330. The van der Waals surface area contributed by atoms with Gasteiger partial charge >= 0.3 is 23.9 Å². The van der Waals surface area contributed by atoms with Crippen molar-refractivity contribution in [3.63, 3.8) is 0 Å². The van der Waals surface area contributed by atoms with E-state index in [9.17, 15) is 39.3 Å². The zero-order chi connectivity index (χ0) is 45.8. The van der Waals surface area contributed by atoms with E-state index in [4.69, 9.17) is 29.4 Å². The number of benzene rings is 3. The minimum absolute atomic E-state index is 0.0128. The fourth-order valence-corrected chi connectivity index (χ4v) is 10.2. The molecule has 0 aromatic heterocycles. The zero-order valence-electron chi connectivity index (χ0n) is 35.7. The van der Waals surface area contributed by atoms with E-state index in [2.05, 4.69) is 5.32 Å². The molecule has 63 heavy (non-hydrogen) atoms. The van der Waals surface area contributed by atoms with Crippen molar-refractivity contribution in [3.8, 4) is 0 Å². The highest BCUT2D eigenvalue weighted by molar-refractivity contribution is 5.96. The molecular weight excluding hydrogens is 817 g/mol. The van der Waals surface area contributed by atoms with Gasteiger partial charge in [0.25, 0.3) is 5.91 Å². The van der Waals surface area contributed by atoms with E-state index in [-0.39, 0.29) is 35.3 Å². The summed E-state index contributed by atoms with van der Waals surface area (Å²) in [7, 11) is 0. The second kappa shape index (κ2) is 16.6. The standard InChI is InChI=1S/C47H52N2O14/c1-24-31(61-43(57)36(53)35(27-13-9-7-10-14-27)49-41(55)28-17-19-30(48)20-18-28)22-47(58)40(62-42(56)29-15-11-8-12-16-29)38-45(6,32(52)21-33-46(38,23-59-33)63-26(3)51)39(54)37(60-25(2)50)34(24)44(47,4)5/h7-20,31-33,35-38,40,52-53,58H,21-23,48H2,1-6H3,(H,49,55)/t31-,32-,33+,35-,36+,37+,38-,40-,45+,46-,47+/m0/s1. The summed E-state index contributed by atoms with van der Waals surface area (Å²) >= 11 is 0. The summed E-state index contributed by atoms with van der Waals surface area (Å²) in [5, 5.41) is 40.3. The van der Waals surface area contributed by atoms with Gasteiger partial charge in [0.15, 0.2) is 23.6 Å². The first-order valence-corrected chi connectivity index (χ1v) is 20.7. The van der Waals surface area contributed by atoms with Crippen LogP contribution in [0.3, 0.4) is 0 Å². The molecule has 7 rings (SSSR count). The molecule has 16 nitrogen and oxygen atoms in total. The Labute approximate surface area is 363 Å². The molecule has 6 N–H and O–H groups in total. The predicted octanol–water partition coefficient (Wildman–Crippen LogP) is 3.32. The number of fused-ring (bicyclic) bond motifs is 5. The summed E-state index contributed by atoms with van der Waals surface area (Å²) in [5.74, 6) is -6.95. The monoisotopic (exact) mass is 868 g/mol. The predicted molar refractivity (Wildman–Crippen MR) is 222 cm³/mol. The number of Topliss-reactive ketones (excluding diaryl/α,β-unsaturated/α-hetero) is 1. The summed E-state index contributed by atoms with van der Waals surface area (Å²) in [6.45, 7) is 7.93. The van der Waals surface area contributed by atoms with E-state index in [1.165, 1.54) is 50.2 Å². The van der Waals surface area contributed by atoms with Gasteiger partial charge in [0, 0.05) is 43.4 Å². The first-order chi connectivity index (χ1) is 29.7. The lowest BCUT2D eigenvalue weighted by molar-refractivity contribution is -0.346. The van der Waals surface area contributed by atoms with Gasteiger partial charge in [-0.25, -0.2) is 9.59 Å². The highest BCUT2D eigenvalue weighted by Crippen LogP contribution is 2.64. The fraction of sp³-hybridized carbons (Fsp3) is 0.447. The summed E-state index contributed by atoms with van der Waals surface area (Å²) in [4.78, 5) is 83.6.